The molecule has 0 aliphatic heterocycles. The number of rotatable bonds is 7. The molecule has 0 atom stereocenters. The van der Waals surface area contributed by atoms with Crippen LogP contribution < -0.4 is 5.32 Å². The molecule has 100 valence electrons. The number of aromatic amines is 1. The summed E-state index contributed by atoms with van der Waals surface area (Å²) in [5.41, 5.74) is 1.31. The third-order valence-electron chi connectivity index (χ3n) is 2.62. The topological polar surface area (TPSA) is 57.8 Å². The molecular formula is C14H17N3OS. The lowest BCUT2D eigenvalue weighted by atomic mass is 10.2. The van der Waals surface area contributed by atoms with Crippen molar-refractivity contribution in [3.8, 4) is 0 Å². The highest BCUT2D eigenvalue weighted by molar-refractivity contribution is 7.99. The molecule has 0 saturated heterocycles. The fourth-order valence-electron chi connectivity index (χ4n) is 1.63. The number of imidazole rings is 1. The SMILES string of the molecule is O=C(CSCCc1ccccc1)NCc1ncc[nH]1. The molecule has 0 spiro atoms. The highest BCUT2D eigenvalue weighted by atomic mass is 32.2. The second-order valence-electron chi connectivity index (χ2n) is 4.10. The predicted molar refractivity (Wildman–Crippen MR) is 77.9 cm³/mol. The maximum absolute atomic E-state index is 11.6. The van der Waals surface area contributed by atoms with E-state index in [1.165, 1.54) is 5.56 Å². The number of H-pyrrole nitrogens is 1. The van der Waals surface area contributed by atoms with E-state index < -0.39 is 0 Å². The van der Waals surface area contributed by atoms with E-state index in [-0.39, 0.29) is 5.91 Å². The molecule has 1 aromatic carbocycles. The van der Waals surface area contributed by atoms with Gasteiger partial charge in [0.15, 0.2) is 0 Å². The zero-order valence-electron chi connectivity index (χ0n) is 10.6. The summed E-state index contributed by atoms with van der Waals surface area (Å²) in [6, 6.07) is 10.3. The number of aryl methyl sites for hydroxylation is 1. The summed E-state index contributed by atoms with van der Waals surface area (Å²) in [5, 5.41) is 2.83. The normalized spacial score (nSPS) is 10.3. The lowest BCUT2D eigenvalue weighted by molar-refractivity contribution is -0.118. The molecule has 0 aliphatic carbocycles. The average Bonchev–Trinajstić information content (AvgIpc) is 2.96. The van der Waals surface area contributed by atoms with E-state index in [1.807, 2.05) is 18.2 Å². The molecule has 0 radical (unpaired) electrons. The van der Waals surface area contributed by atoms with Crippen LogP contribution in [0.2, 0.25) is 0 Å². The van der Waals surface area contributed by atoms with Crippen molar-refractivity contribution in [3.63, 3.8) is 0 Å². The standard InChI is InChI=1S/C14H17N3OS/c18-14(17-10-13-15-7-8-16-13)11-19-9-6-12-4-2-1-3-5-12/h1-5,7-8H,6,9-11H2,(H,15,16)(H,17,18). The van der Waals surface area contributed by atoms with Crippen molar-refractivity contribution in [2.75, 3.05) is 11.5 Å². The fourth-order valence-corrected chi connectivity index (χ4v) is 2.44. The molecule has 1 aromatic heterocycles. The second-order valence-corrected chi connectivity index (χ2v) is 5.21. The molecule has 4 nitrogen and oxygen atoms in total. The van der Waals surface area contributed by atoms with Crippen LogP contribution in [-0.2, 0) is 17.8 Å². The van der Waals surface area contributed by atoms with Crippen LogP contribution in [0.5, 0.6) is 0 Å². The minimum Gasteiger partial charge on any atom is -0.348 e. The molecule has 1 heterocycles. The predicted octanol–water partition coefficient (Wildman–Crippen LogP) is 2.00. The van der Waals surface area contributed by atoms with Gasteiger partial charge in [0, 0.05) is 12.4 Å². The number of nitrogens with zero attached hydrogens (tertiary/aromatic N) is 1. The Labute approximate surface area is 117 Å². The van der Waals surface area contributed by atoms with Gasteiger partial charge in [0.1, 0.15) is 5.82 Å². The summed E-state index contributed by atoms with van der Waals surface area (Å²) in [6.45, 7) is 0.463. The van der Waals surface area contributed by atoms with Gasteiger partial charge in [-0.05, 0) is 17.7 Å². The molecular weight excluding hydrogens is 258 g/mol. The van der Waals surface area contributed by atoms with Gasteiger partial charge in [-0.1, -0.05) is 30.3 Å². The Hall–Kier alpha value is -1.75. The smallest absolute Gasteiger partial charge is 0.230 e. The highest BCUT2D eigenvalue weighted by Crippen LogP contribution is 2.06. The molecule has 0 saturated carbocycles. The average molecular weight is 275 g/mol. The van der Waals surface area contributed by atoms with Crippen molar-refractivity contribution in [3.05, 3.63) is 54.1 Å². The second kappa shape index (κ2) is 7.63. The van der Waals surface area contributed by atoms with Gasteiger partial charge in [-0.2, -0.15) is 11.8 Å². The largest absolute Gasteiger partial charge is 0.348 e. The minimum absolute atomic E-state index is 0.0504. The van der Waals surface area contributed by atoms with Crippen LogP contribution in [0.1, 0.15) is 11.4 Å². The molecule has 0 fully saturated rings. The van der Waals surface area contributed by atoms with Gasteiger partial charge in [0.25, 0.3) is 0 Å². The van der Waals surface area contributed by atoms with Crippen molar-refractivity contribution in [1.29, 1.82) is 0 Å². The Morgan fingerprint density at radius 1 is 1.32 bits per heavy atom. The third-order valence-corrected chi connectivity index (χ3v) is 3.58. The van der Waals surface area contributed by atoms with Crippen molar-refractivity contribution < 1.29 is 4.79 Å². The molecule has 19 heavy (non-hydrogen) atoms. The van der Waals surface area contributed by atoms with Crippen LogP contribution in [0.15, 0.2) is 42.7 Å². The van der Waals surface area contributed by atoms with Crippen LogP contribution in [-0.4, -0.2) is 27.4 Å². The molecule has 2 N–H and O–H groups in total. The van der Waals surface area contributed by atoms with Crippen LogP contribution in [0.25, 0.3) is 0 Å². The van der Waals surface area contributed by atoms with E-state index in [1.54, 1.807) is 24.2 Å². The van der Waals surface area contributed by atoms with Gasteiger partial charge in [0.05, 0.1) is 12.3 Å². The summed E-state index contributed by atoms with van der Waals surface area (Å²) in [7, 11) is 0. The molecule has 5 heteroatoms. The Balaban J connectivity index is 1.57. The monoisotopic (exact) mass is 275 g/mol. The zero-order valence-corrected chi connectivity index (χ0v) is 11.5. The number of amides is 1. The Bertz CT molecular complexity index is 485. The van der Waals surface area contributed by atoms with E-state index >= 15 is 0 Å². The van der Waals surface area contributed by atoms with Crippen LogP contribution in [0.4, 0.5) is 0 Å². The number of benzene rings is 1. The van der Waals surface area contributed by atoms with Crippen LogP contribution in [0.3, 0.4) is 0 Å². The first-order valence-corrected chi connectivity index (χ1v) is 7.36. The highest BCUT2D eigenvalue weighted by Gasteiger charge is 2.02. The first kappa shape index (κ1) is 13.7. The van der Waals surface area contributed by atoms with Gasteiger partial charge < -0.3 is 10.3 Å². The first-order chi connectivity index (χ1) is 9.34. The maximum atomic E-state index is 11.6. The van der Waals surface area contributed by atoms with Gasteiger partial charge in [-0.15, -0.1) is 0 Å². The molecule has 2 rings (SSSR count). The maximum Gasteiger partial charge on any atom is 0.230 e. The zero-order chi connectivity index (χ0) is 13.3. The first-order valence-electron chi connectivity index (χ1n) is 6.21. The van der Waals surface area contributed by atoms with E-state index in [0.717, 1.165) is 18.0 Å². The molecule has 1 amide bonds. The molecule has 0 bridgehead atoms. The summed E-state index contributed by atoms with van der Waals surface area (Å²) in [6.07, 6.45) is 4.42. The number of carbonyl (C=O) groups is 1. The Kier molecular flexibility index (Phi) is 5.49. The van der Waals surface area contributed by atoms with Gasteiger partial charge in [-0.3, -0.25) is 4.79 Å². The number of carbonyl (C=O) groups excluding carboxylic acids is 1. The van der Waals surface area contributed by atoms with Crippen molar-refractivity contribution >= 4 is 17.7 Å². The van der Waals surface area contributed by atoms with E-state index in [9.17, 15) is 4.79 Å². The quantitative estimate of drug-likeness (QED) is 0.760. The third kappa shape index (κ3) is 5.18. The molecule has 0 unspecified atom stereocenters. The van der Waals surface area contributed by atoms with Crippen molar-refractivity contribution in [2.24, 2.45) is 0 Å². The molecule has 0 aliphatic rings. The Morgan fingerprint density at radius 2 is 2.16 bits per heavy atom. The minimum atomic E-state index is 0.0504. The Morgan fingerprint density at radius 3 is 2.89 bits per heavy atom. The summed E-state index contributed by atoms with van der Waals surface area (Å²) < 4.78 is 0. The van der Waals surface area contributed by atoms with Gasteiger partial charge in [-0.25, -0.2) is 4.98 Å². The summed E-state index contributed by atoms with van der Waals surface area (Å²) >= 11 is 1.65. The number of hydrogen-bond acceptors (Lipinski definition) is 3. The summed E-state index contributed by atoms with van der Waals surface area (Å²) in [4.78, 5) is 18.6. The van der Waals surface area contributed by atoms with Crippen molar-refractivity contribution in [2.45, 2.75) is 13.0 Å². The van der Waals surface area contributed by atoms with Crippen LogP contribution >= 0.6 is 11.8 Å². The van der Waals surface area contributed by atoms with E-state index in [4.69, 9.17) is 0 Å². The van der Waals surface area contributed by atoms with E-state index in [0.29, 0.717) is 12.3 Å². The van der Waals surface area contributed by atoms with Gasteiger partial charge >= 0.3 is 0 Å². The lowest BCUT2D eigenvalue weighted by Crippen LogP contribution is -2.25. The number of hydrogen-bond donors (Lipinski definition) is 2. The number of nitrogens with one attached hydrogen (secondary N) is 2. The number of aromatic nitrogens is 2. The van der Waals surface area contributed by atoms with Gasteiger partial charge in [0.2, 0.25) is 5.91 Å². The molecule has 2 aromatic rings. The lowest BCUT2D eigenvalue weighted by Gasteiger charge is -2.03. The van der Waals surface area contributed by atoms with E-state index in [2.05, 4.69) is 27.4 Å². The van der Waals surface area contributed by atoms with Crippen LogP contribution in [0, 0.1) is 0 Å². The summed E-state index contributed by atoms with van der Waals surface area (Å²) in [5.74, 6) is 2.28. The van der Waals surface area contributed by atoms with Crippen molar-refractivity contribution in [1.82, 2.24) is 15.3 Å². The number of thioether (sulfide) groups is 1. The fraction of sp³-hybridized carbons (Fsp3) is 0.286.